The quantitative estimate of drug-likeness (QED) is 0.476. The number of nitrogens with one attached hydrogen (secondary N) is 1. The molecule has 0 bridgehead atoms. The zero-order chi connectivity index (χ0) is 14.5. The Hall–Kier alpha value is -1.25. The second kappa shape index (κ2) is 6.78. The first kappa shape index (κ1) is 15.8. The number of hydrazine groups is 1. The van der Waals surface area contributed by atoms with Gasteiger partial charge in [-0.3, -0.25) is 11.3 Å². The Morgan fingerprint density at radius 3 is 2.42 bits per heavy atom. The van der Waals surface area contributed by atoms with Gasteiger partial charge in [-0.05, 0) is 24.1 Å². The molecule has 8 heteroatoms. The fraction of sp³-hybridized carbons (Fsp3) is 0.455. The van der Waals surface area contributed by atoms with Crippen LogP contribution in [0.1, 0.15) is 5.56 Å². The van der Waals surface area contributed by atoms with Crippen LogP contribution >= 0.6 is 0 Å². The van der Waals surface area contributed by atoms with Gasteiger partial charge in [-0.1, -0.05) is 6.07 Å². The van der Waals surface area contributed by atoms with E-state index in [-0.39, 0.29) is 13.0 Å². The van der Waals surface area contributed by atoms with Crippen molar-refractivity contribution >= 4 is 0 Å². The van der Waals surface area contributed by atoms with Gasteiger partial charge < -0.3 is 4.74 Å². The van der Waals surface area contributed by atoms with Gasteiger partial charge in [0.2, 0.25) is 0 Å². The fourth-order valence-corrected chi connectivity index (χ4v) is 1.43. The highest BCUT2D eigenvalue weighted by atomic mass is 19.4. The lowest BCUT2D eigenvalue weighted by Gasteiger charge is -2.17. The summed E-state index contributed by atoms with van der Waals surface area (Å²) in [6.45, 7) is -1.68. The molecule has 3 nitrogen and oxygen atoms in total. The molecule has 0 spiro atoms. The van der Waals surface area contributed by atoms with E-state index in [0.717, 1.165) is 12.1 Å². The van der Waals surface area contributed by atoms with E-state index in [1.165, 1.54) is 6.07 Å². The fourth-order valence-electron chi connectivity index (χ4n) is 1.43. The molecule has 1 aromatic carbocycles. The van der Waals surface area contributed by atoms with E-state index in [2.05, 4.69) is 10.2 Å². The van der Waals surface area contributed by atoms with Crippen molar-refractivity contribution in [3.63, 3.8) is 0 Å². The van der Waals surface area contributed by atoms with Gasteiger partial charge in [0.1, 0.15) is 6.61 Å². The number of benzene rings is 1. The molecule has 0 aromatic heterocycles. The first-order chi connectivity index (χ1) is 8.81. The zero-order valence-corrected chi connectivity index (χ0v) is 9.81. The minimum Gasteiger partial charge on any atom is -0.370 e. The summed E-state index contributed by atoms with van der Waals surface area (Å²) in [6, 6.07) is 2.59. The zero-order valence-electron chi connectivity index (χ0n) is 9.81. The predicted molar refractivity (Wildman–Crippen MR) is 58.0 cm³/mol. The van der Waals surface area contributed by atoms with Crippen molar-refractivity contribution in [1.82, 2.24) is 5.43 Å². The van der Waals surface area contributed by atoms with Crippen molar-refractivity contribution in [2.45, 2.75) is 18.6 Å². The number of rotatable bonds is 6. The third kappa shape index (κ3) is 5.95. The highest BCUT2D eigenvalue weighted by Gasteiger charge is 2.27. The molecular weight excluding hydrogens is 271 g/mol. The third-order valence-electron chi connectivity index (χ3n) is 2.29. The van der Waals surface area contributed by atoms with Gasteiger partial charge in [-0.15, -0.1) is 0 Å². The smallest absolute Gasteiger partial charge is 0.370 e. The van der Waals surface area contributed by atoms with Crippen LogP contribution in [0.3, 0.4) is 0 Å². The van der Waals surface area contributed by atoms with Gasteiger partial charge in [0.15, 0.2) is 11.6 Å². The van der Waals surface area contributed by atoms with Crippen molar-refractivity contribution in [2.75, 3.05) is 13.2 Å². The molecular formula is C11H13F5N2O. The lowest BCUT2D eigenvalue weighted by atomic mass is 10.1. The van der Waals surface area contributed by atoms with Crippen LogP contribution in [0.5, 0.6) is 0 Å². The summed E-state index contributed by atoms with van der Waals surface area (Å²) in [5.41, 5.74) is 2.66. The van der Waals surface area contributed by atoms with Gasteiger partial charge in [0.25, 0.3) is 0 Å². The van der Waals surface area contributed by atoms with E-state index in [4.69, 9.17) is 5.84 Å². The maximum atomic E-state index is 12.9. The highest BCUT2D eigenvalue weighted by molar-refractivity contribution is 5.18. The summed E-state index contributed by atoms with van der Waals surface area (Å²) in [5.74, 6) is 3.14. The van der Waals surface area contributed by atoms with Crippen LogP contribution in [0, 0.1) is 11.6 Å². The Labute approximate surface area is 106 Å². The predicted octanol–water partition coefficient (Wildman–Crippen LogP) is 1.92. The number of halogens is 5. The monoisotopic (exact) mass is 284 g/mol. The van der Waals surface area contributed by atoms with Crippen LogP contribution in [0.15, 0.2) is 18.2 Å². The van der Waals surface area contributed by atoms with Crippen LogP contribution in [0.2, 0.25) is 0 Å². The minimum atomic E-state index is -4.42. The normalized spacial score (nSPS) is 13.6. The van der Waals surface area contributed by atoms with Crippen molar-refractivity contribution in [2.24, 2.45) is 5.84 Å². The summed E-state index contributed by atoms with van der Waals surface area (Å²) in [7, 11) is 0. The summed E-state index contributed by atoms with van der Waals surface area (Å²) >= 11 is 0. The largest absolute Gasteiger partial charge is 0.411 e. The second-order valence-electron chi connectivity index (χ2n) is 3.95. The number of ether oxygens (including phenoxy) is 1. The Morgan fingerprint density at radius 2 is 1.89 bits per heavy atom. The molecule has 108 valence electrons. The van der Waals surface area contributed by atoms with Gasteiger partial charge in [-0.2, -0.15) is 13.2 Å². The van der Waals surface area contributed by atoms with Gasteiger partial charge in [0, 0.05) is 6.04 Å². The first-order valence-electron chi connectivity index (χ1n) is 5.36. The molecule has 1 aromatic rings. The van der Waals surface area contributed by atoms with E-state index in [0.29, 0.717) is 5.56 Å². The lowest BCUT2D eigenvalue weighted by Crippen LogP contribution is -2.41. The maximum Gasteiger partial charge on any atom is 0.411 e. The van der Waals surface area contributed by atoms with Crippen LogP contribution in [0.25, 0.3) is 0 Å². The molecule has 0 fully saturated rings. The minimum absolute atomic E-state index is 0.117. The van der Waals surface area contributed by atoms with Crippen molar-refractivity contribution in [1.29, 1.82) is 0 Å². The van der Waals surface area contributed by atoms with Gasteiger partial charge >= 0.3 is 6.18 Å². The topological polar surface area (TPSA) is 47.3 Å². The van der Waals surface area contributed by atoms with E-state index in [9.17, 15) is 22.0 Å². The molecule has 0 saturated heterocycles. The summed E-state index contributed by atoms with van der Waals surface area (Å²) in [6.07, 6.45) is -4.30. The van der Waals surface area contributed by atoms with E-state index >= 15 is 0 Å². The average Bonchev–Trinajstić information content (AvgIpc) is 2.31. The Morgan fingerprint density at radius 1 is 1.21 bits per heavy atom. The van der Waals surface area contributed by atoms with E-state index < -0.39 is 30.5 Å². The number of nitrogens with two attached hydrogens (primary N) is 1. The second-order valence-corrected chi connectivity index (χ2v) is 3.95. The molecule has 1 unspecified atom stereocenters. The van der Waals surface area contributed by atoms with Crippen molar-refractivity contribution < 1.29 is 26.7 Å². The molecule has 3 N–H and O–H groups in total. The molecule has 0 saturated carbocycles. The van der Waals surface area contributed by atoms with Crippen LogP contribution < -0.4 is 11.3 Å². The maximum absolute atomic E-state index is 12.9. The lowest BCUT2D eigenvalue weighted by molar-refractivity contribution is -0.175. The number of hydrogen-bond donors (Lipinski definition) is 2. The molecule has 1 rings (SSSR count). The van der Waals surface area contributed by atoms with Crippen molar-refractivity contribution in [3.8, 4) is 0 Å². The Kier molecular flexibility index (Phi) is 5.64. The molecule has 0 amide bonds. The first-order valence-corrected chi connectivity index (χ1v) is 5.36. The molecule has 0 radical (unpaired) electrons. The molecule has 0 heterocycles. The van der Waals surface area contributed by atoms with Gasteiger partial charge in [-0.25, -0.2) is 8.78 Å². The van der Waals surface area contributed by atoms with Crippen LogP contribution in [0.4, 0.5) is 22.0 Å². The summed E-state index contributed by atoms with van der Waals surface area (Å²) in [5, 5.41) is 0. The Bertz CT molecular complexity index is 411. The number of alkyl halides is 3. The van der Waals surface area contributed by atoms with Crippen molar-refractivity contribution in [3.05, 3.63) is 35.4 Å². The number of hydrogen-bond acceptors (Lipinski definition) is 3. The Balaban J connectivity index is 2.49. The molecule has 0 aliphatic heterocycles. The van der Waals surface area contributed by atoms with Crippen LogP contribution in [-0.2, 0) is 11.2 Å². The highest BCUT2D eigenvalue weighted by Crippen LogP contribution is 2.15. The third-order valence-corrected chi connectivity index (χ3v) is 2.29. The summed E-state index contributed by atoms with van der Waals surface area (Å²) in [4.78, 5) is 0. The average molecular weight is 284 g/mol. The van der Waals surface area contributed by atoms with Crippen LogP contribution in [-0.4, -0.2) is 25.4 Å². The SMILES string of the molecule is NNC(COCC(F)(F)F)Cc1ccc(F)c(F)c1. The van der Waals surface area contributed by atoms with E-state index in [1.807, 2.05) is 0 Å². The standard InChI is InChI=1S/C11H13F5N2O/c12-9-2-1-7(4-10(9)13)3-8(18-17)5-19-6-11(14,15)16/h1-2,4,8,18H,3,5-6,17H2. The summed E-state index contributed by atoms with van der Waals surface area (Å²) < 4.78 is 65.7. The molecule has 0 aliphatic carbocycles. The van der Waals surface area contributed by atoms with Gasteiger partial charge in [0.05, 0.1) is 6.61 Å². The van der Waals surface area contributed by atoms with E-state index in [1.54, 1.807) is 0 Å². The molecule has 19 heavy (non-hydrogen) atoms. The molecule has 0 aliphatic rings. The molecule has 1 atom stereocenters.